The number of carbonyl (C=O) groups excluding carboxylic acids is 2. The van der Waals surface area contributed by atoms with Crippen molar-refractivity contribution in [3.63, 3.8) is 0 Å². The molecule has 0 unspecified atom stereocenters. The maximum absolute atomic E-state index is 14.7. The molecule has 0 radical (unpaired) electrons. The molecule has 0 bridgehead atoms. The Morgan fingerprint density at radius 2 is 1.65 bits per heavy atom. The average Bonchev–Trinajstić information content (AvgIpc) is 3.35. The molecule has 0 aliphatic carbocycles. The van der Waals surface area contributed by atoms with E-state index in [2.05, 4.69) is 4.98 Å². The maximum Gasteiger partial charge on any atom is 0.308 e. The molecule has 206 valence electrons. The highest BCUT2D eigenvalue weighted by Crippen LogP contribution is 2.40. The number of nitrogens with one attached hydrogen (secondary N) is 1. The third kappa shape index (κ3) is 5.84. The van der Waals surface area contributed by atoms with E-state index in [9.17, 15) is 19.1 Å². The third-order valence-electron chi connectivity index (χ3n) is 7.24. The van der Waals surface area contributed by atoms with Crippen molar-refractivity contribution in [2.24, 2.45) is 0 Å². The largest absolute Gasteiger partial charge is 0.462 e. The quantitative estimate of drug-likeness (QED) is 0.243. The van der Waals surface area contributed by atoms with Gasteiger partial charge in [0, 0.05) is 36.3 Å². The predicted molar refractivity (Wildman–Crippen MR) is 154 cm³/mol. The van der Waals surface area contributed by atoms with Gasteiger partial charge in [-0.15, -0.1) is 0 Å². The van der Waals surface area contributed by atoms with Gasteiger partial charge in [0.05, 0.1) is 23.8 Å². The first-order chi connectivity index (χ1) is 19.3. The first-order valence-corrected chi connectivity index (χ1v) is 13.6. The SMILES string of the molecule is CC(C)c1[nH]c(-c2ccc(F)cc2)c(-c2ccccc2)c1C(=O)N(CC[C@H]1C[C@H](O)CC(=O)O1)c1ccccc1. The van der Waals surface area contributed by atoms with Crippen molar-refractivity contribution in [1.82, 2.24) is 4.98 Å². The lowest BCUT2D eigenvalue weighted by molar-refractivity contribution is -0.160. The minimum absolute atomic E-state index is 0.00841. The molecule has 6 nitrogen and oxygen atoms in total. The Balaban J connectivity index is 1.62. The number of aromatic nitrogens is 1. The maximum atomic E-state index is 14.7. The Morgan fingerprint density at radius 3 is 2.27 bits per heavy atom. The molecule has 1 saturated heterocycles. The number of hydrogen-bond acceptors (Lipinski definition) is 4. The van der Waals surface area contributed by atoms with E-state index in [0.29, 0.717) is 24.1 Å². The van der Waals surface area contributed by atoms with Crippen LogP contribution in [0.2, 0.25) is 0 Å². The molecule has 1 aliphatic rings. The summed E-state index contributed by atoms with van der Waals surface area (Å²) in [5.41, 5.74) is 5.18. The van der Waals surface area contributed by atoms with Gasteiger partial charge in [0.1, 0.15) is 11.9 Å². The molecule has 2 atom stereocenters. The zero-order valence-corrected chi connectivity index (χ0v) is 22.6. The summed E-state index contributed by atoms with van der Waals surface area (Å²) in [6.45, 7) is 4.35. The standard InChI is InChI=1S/C33H33FN2O4/c1-21(2)31-30(29(22-9-5-3-6-10-22)32(35-31)23-13-15-24(34)16-14-23)33(39)36(25-11-7-4-8-12-25)18-17-27-19-26(37)20-28(38)40-27/h3-16,21,26-27,35,37H,17-20H2,1-2H3/t26-,27-/m0/s1. The third-order valence-corrected chi connectivity index (χ3v) is 7.24. The van der Waals surface area contributed by atoms with Gasteiger partial charge >= 0.3 is 5.97 Å². The lowest BCUT2D eigenvalue weighted by Gasteiger charge is -2.29. The number of para-hydroxylation sites is 1. The minimum atomic E-state index is -0.743. The molecule has 0 spiro atoms. The molecule has 40 heavy (non-hydrogen) atoms. The van der Waals surface area contributed by atoms with Gasteiger partial charge in [0.15, 0.2) is 0 Å². The number of H-pyrrole nitrogens is 1. The number of esters is 1. The molecule has 1 amide bonds. The van der Waals surface area contributed by atoms with Gasteiger partial charge < -0.3 is 19.7 Å². The summed E-state index contributed by atoms with van der Waals surface area (Å²) in [5.74, 6) is -0.964. The number of rotatable bonds is 8. The average molecular weight is 541 g/mol. The fraction of sp³-hybridized carbons (Fsp3) is 0.273. The summed E-state index contributed by atoms with van der Waals surface area (Å²) in [6, 6.07) is 25.4. The van der Waals surface area contributed by atoms with Crippen LogP contribution >= 0.6 is 0 Å². The van der Waals surface area contributed by atoms with E-state index in [1.165, 1.54) is 12.1 Å². The van der Waals surface area contributed by atoms with E-state index < -0.39 is 18.2 Å². The topological polar surface area (TPSA) is 82.6 Å². The van der Waals surface area contributed by atoms with E-state index in [1.54, 1.807) is 17.0 Å². The molecule has 7 heteroatoms. The van der Waals surface area contributed by atoms with Crippen LogP contribution < -0.4 is 4.90 Å². The van der Waals surface area contributed by atoms with Gasteiger partial charge in [-0.2, -0.15) is 0 Å². The van der Waals surface area contributed by atoms with Crippen LogP contribution in [0.5, 0.6) is 0 Å². The van der Waals surface area contributed by atoms with E-state index in [4.69, 9.17) is 4.74 Å². The van der Waals surface area contributed by atoms with Crippen molar-refractivity contribution in [2.45, 2.75) is 51.2 Å². The number of aliphatic hydroxyl groups excluding tert-OH is 1. The number of benzene rings is 3. The Kier molecular flexibility index (Phi) is 8.12. The van der Waals surface area contributed by atoms with Gasteiger partial charge in [0.25, 0.3) is 5.91 Å². The Labute approximate surface area is 233 Å². The Morgan fingerprint density at radius 1 is 1.00 bits per heavy atom. The highest BCUT2D eigenvalue weighted by molar-refractivity contribution is 6.13. The van der Waals surface area contributed by atoms with Gasteiger partial charge in [0.2, 0.25) is 0 Å². The number of cyclic esters (lactones) is 1. The lowest BCUT2D eigenvalue weighted by Crippen LogP contribution is -2.38. The molecule has 0 saturated carbocycles. The Bertz CT molecular complexity index is 1470. The molecule has 2 heterocycles. The monoisotopic (exact) mass is 540 g/mol. The second kappa shape index (κ2) is 11.9. The van der Waals surface area contributed by atoms with Crippen LogP contribution in [0.1, 0.15) is 55.1 Å². The predicted octanol–water partition coefficient (Wildman–Crippen LogP) is 6.71. The number of amides is 1. The van der Waals surface area contributed by atoms with Crippen LogP contribution in [0.15, 0.2) is 84.9 Å². The fourth-order valence-corrected chi connectivity index (χ4v) is 5.30. The Hall–Kier alpha value is -4.23. The van der Waals surface area contributed by atoms with Crippen LogP contribution in [0, 0.1) is 5.82 Å². The van der Waals surface area contributed by atoms with Crippen LogP contribution in [-0.2, 0) is 9.53 Å². The minimum Gasteiger partial charge on any atom is -0.462 e. The molecule has 4 aromatic rings. The summed E-state index contributed by atoms with van der Waals surface area (Å²) in [5, 5.41) is 10.1. The molecule has 3 aromatic carbocycles. The highest BCUT2D eigenvalue weighted by Gasteiger charge is 2.32. The van der Waals surface area contributed by atoms with E-state index in [-0.39, 0.29) is 30.6 Å². The van der Waals surface area contributed by atoms with E-state index in [1.807, 2.05) is 74.5 Å². The smallest absolute Gasteiger partial charge is 0.308 e. The van der Waals surface area contributed by atoms with Gasteiger partial charge in [-0.05, 0) is 53.4 Å². The van der Waals surface area contributed by atoms with Crippen LogP contribution in [0.3, 0.4) is 0 Å². The zero-order chi connectivity index (χ0) is 28.2. The molecule has 5 rings (SSSR count). The summed E-state index contributed by atoms with van der Waals surface area (Å²) in [6.07, 6.45) is -0.503. The first kappa shape index (κ1) is 27.3. The second-order valence-electron chi connectivity index (χ2n) is 10.5. The van der Waals surface area contributed by atoms with Crippen molar-refractivity contribution < 1.29 is 23.8 Å². The van der Waals surface area contributed by atoms with Gasteiger partial charge in [-0.25, -0.2) is 4.39 Å². The van der Waals surface area contributed by atoms with Gasteiger partial charge in [-0.3, -0.25) is 9.59 Å². The molecule has 1 fully saturated rings. The molecule has 1 aliphatic heterocycles. The van der Waals surface area contributed by atoms with Crippen LogP contribution in [-0.4, -0.2) is 40.7 Å². The van der Waals surface area contributed by atoms with Crippen molar-refractivity contribution in [3.05, 3.63) is 102 Å². The zero-order valence-electron chi connectivity index (χ0n) is 22.6. The summed E-state index contributed by atoms with van der Waals surface area (Å²) in [4.78, 5) is 31.8. The number of halogens is 1. The second-order valence-corrected chi connectivity index (χ2v) is 10.5. The molecule has 1 aromatic heterocycles. The number of aromatic amines is 1. The highest BCUT2D eigenvalue weighted by atomic mass is 19.1. The summed E-state index contributed by atoms with van der Waals surface area (Å²) < 4.78 is 19.3. The first-order valence-electron chi connectivity index (χ1n) is 13.6. The normalized spacial score (nSPS) is 17.1. The number of ether oxygens (including phenoxy) is 1. The number of anilines is 1. The van der Waals surface area contributed by atoms with Crippen molar-refractivity contribution in [2.75, 3.05) is 11.4 Å². The van der Waals surface area contributed by atoms with Crippen molar-refractivity contribution in [1.29, 1.82) is 0 Å². The lowest BCUT2D eigenvalue weighted by atomic mass is 9.93. The number of aliphatic hydroxyl groups is 1. The van der Waals surface area contributed by atoms with Crippen LogP contribution in [0.25, 0.3) is 22.4 Å². The number of hydrogen-bond donors (Lipinski definition) is 2. The van der Waals surface area contributed by atoms with Crippen molar-refractivity contribution >= 4 is 17.6 Å². The van der Waals surface area contributed by atoms with Gasteiger partial charge in [-0.1, -0.05) is 62.4 Å². The van der Waals surface area contributed by atoms with E-state index >= 15 is 0 Å². The van der Waals surface area contributed by atoms with E-state index in [0.717, 1.165) is 28.1 Å². The van der Waals surface area contributed by atoms with Crippen molar-refractivity contribution in [3.8, 4) is 22.4 Å². The fourth-order valence-electron chi connectivity index (χ4n) is 5.30. The number of nitrogens with zero attached hydrogens (tertiary/aromatic N) is 1. The molecular weight excluding hydrogens is 507 g/mol. The molecular formula is C33H33FN2O4. The van der Waals surface area contributed by atoms with Crippen LogP contribution in [0.4, 0.5) is 10.1 Å². The summed E-state index contributed by atoms with van der Waals surface area (Å²) in [7, 11) is 0. The summed E-state index contributed by atoms with van der Waals surface area (Å²) >= 11 is 0. The number of carbonyl (C=O) groups is 2. The molecule has 2 N–H and O–H groups in total.